The number of hydrazone groups is 1. The van der Waals surface area contributed by atoms with Crippen molar-refractivity contribution in [1.82, 2.24) is 5.43 Å². The molecule has 0 radical (unpaired) electrons. The lowest BCUT2D eigenvalue weighted by Crippen LogP contribution is -2.18. The summed E-state index contributed by atoms with van der Waals surface area (Å²) in [6.45, 7) is 0.434. The van der Waals surface area contributed by atoms with Gasteiger partial charge in [0.1, 0.15) is 18.2 Å². The summed E-state index contributed by atoms with van der Waals surface area (Å²) >= 11 is 5.85. The highest BCUT2D eigenvalue weighted by molar-refractivity contribution is 6.30. The van der Waals surface area contributed by atoms with Gasteiger partial charge in [-0.05, 0) is 59.7 Å². The number of benzene rings is 3. The van der Waals surface area contributed by atoms with Crippen LogP contribution < -0.4 is 10.2 Å². The Hall–Kier alpha value is -3.18. The number of ether oxygens (including phenoxy) is 1. The van der Waals surface area contributed by atoms with E-state index in [-0.39, 0.29) is 5.56 Å². The van der Waals surface area contributed by atoms with Gasteiger partial charge in [-0.3, -0.25) is 4.79 Å². The van der Waals surface area contributed by atoms with E-state index in [0.29, 0.717) is 17.4 Å². The highest BCUT2D eigenvalue weighted by Crippen LogP contribution is 2.15. The molecule has 0 spiro atoms. The summed E-state index contributed by atoms with van der Waals surface area (Å²) in [5.41, 5.74) is 4.03. The minimum atomic E-state index is -0.604. The summed E-state index contributed by atoms with van der Waals surface area (Å²) in [5, 5.41) is 4.53. The third kappa shape index (κ3) is 5.39. The molecule has 3 aromatic carbocycles. The molecule has 0 saturated carbocycles. The van der Waals surface area contributed by atoms with E-state index in [1.54, 1.807) is 30.3 Å². The Balaban J connectivity index is 1.52. The fourth-order valence-corrected chi connectivity index (χ4v) is 2.39. The molecule has 0 saturated heterocycles. The molecule has 0 fully saturated rings. The molecular formula is C21H16ClFN2O2. The number of hydrogen-bond donors (Lipinski definition) is 1. The molecule has 0 heterocycles. The van der Waals surface area contributed by atoms with E-state index in [0.717, 1.165) is 11.1 Å². The van der Waals surface area contributed by atoms with Gasteiger partial charge < -0.3 is 4.74 Å². The Labute approximate surface area is 161 Å². The Kier molecular flexibility index (Phi) is 6.18. The number of hydrogen-bond acceptors (Lipinski definition) is 3. The van der Waals surface area contributed by atoms with Crippen LogP contribution in [0, 0.1) is 5.82 Å². The van der Waals surface area contributed by atoms with Crippen molar-refractivity contribution in [2.24, 2.45) is 5.10 Å². The highest BCUT2D eigenvalue weighted by Gasteiger charge is 2.09. The van der Waals surface area contributed by atoms with E-state index in [2.05, 4.69) is 10.5 Å². The molecule has 0 bridgehead atoms. The molecule has 27 heavy (non-hydrogen) atoms. The molecule has 0 atom stereocenters. The molecule has 0 aliphatic rings. The number of carbonyl (C=O) groups excluding carboxylic acids is 1. The first-order valence-corrected chi connectivity index (χ1v) is 8.55. The number of amides is 1. The van der Waals surface area contributed by atoms with Crippen molar-refractivity contribution in [3.63, 3.8) is 0 Å². The number of halogens is 2. The fourth-order valence-electron chi connectivity index (χ4n) is 2.27. The first-order chi connectivity index (χ1) is 13.1. The zero-order chi connectivity index (χ0) is 19.1. The molecule has 136 valence electrons. The topological polar surface area (TPSA) is 50.7 Å². The quantitative estimate of drug-likeness (QED) is 0.490. The van der Waals surface area contributed by atoms with Crippen LogP contribution in [-0.2, 0) is 6.61 Å². The van der Waals surface area contributed by atoms with Crippen LogP contribution in [-0.4, -0.2) is 12.1 Å². The van der Waals surface area contributed by atoms with Gasteiger partial charge in [0.15, 0.2) is 0 Å². The van der Waals surface area contributed by atoms with E-state index in [1.807, 2.05) is 24.3 Å². The second kappa shape index (κ2) is 8.96. The molecule has 3 aromatic rings. The lowest BCUT2D eigenvalue weighted by molar-refractivity contribution is 0.0951. The van der Waals surface area contributed by atoms with Crippen molar-refractivity contribution < 1.29 is 13.9 Å². The van der Waals surface area contributed by atoms with Crippen LogP contribution in [0.15, 0.2) is 77.9 Å². The molecular weight excluding hydrogens is 367 g/mol. The van der Waals surface area contributed by atoms with Crippen molar-refractivity contribution in [3.05, 3.63) is 100 Å². The van der Waals surface area contributed by atoms with E-state index < -0.39 is 11.7 Å². The average molecular weight is 383 g/mol. The molecule has 6 heteroatoms. The lowest BCUT2D eigenvalue weighted by atomic mass is 10.2. The summed E-state index contributed by atoms with van der Waals surface area (Å²) in [6, 6.07) is 20.4. The van der Waals surface area contributed by atoms with Gasteiger partial charge >= 0.3 is 0 Å². The van der Waals surface area contributed by atoms with Crippen LogP contribution in [0.5, 0.6) is 5.75 Å². The van der Waals surface area contributed by atoms with Gasteiger partial charge in [0, 0.05) is 5.02 Å². The van der Waals surface area contributed by atoms with Gasteiger partial charge in [0.05, 0.1) is 11.8 Å². The SMILES string of the molecule is O=C(N/N=C/c1ccc(OCc2ccc(Cl)cc2)cc1)c1ccccc1F. The normalized spacial score (nSPS) is 10.7. The van der Waals surface area contributed by atoms with E-state index >= 15 is 0 Å². The largest absolute Gasteiger partial charge is 0.489 e. The van der Waals surface area contributed by atoms with Crippen LogP contribution in [0.4, 0.5) is 4.39 Å². The first-order valence-electron chi connectivity index (χ1n) is 8.17. The smallest absolute Gasteiger partial charge is 0.274 e. The fraction of sp³-hybridized carbons (Fsp3) is 0.0476. The third-order valence-corrected chi connectivity index (χ3v) is 3.95. The van der Waals surface area contributed by atoms with Crippen molar-refractivity contribution in [1.29, 1.82) is 0 Å². The first kappa shape index (κ1) is 18.6. The minimum absolute atomic E-state index is 0.0550. The van der Waals surface area contributed by atoms with Crippen LogP contribution >= 0.6 is 11.6 Å². The van der Waals surface area contributed by atoms with Gasteiger partial charge in [0.25, 0.3) is 5.91 Å². The summed E-state index contributed by atoms with van der Waals surface area (Å²) in [5.74, 6) is -0.489. The minimum Gasteiger partial charge on any atom is -0.489 e. The molecule has 4 nitrogen and oxygen atoms in total. The molecule has 1 amide bonds. The van der Waals surface area contributed by atoms with E-state index in [4.69, 9.17) is 16.3 Å². The second-order valence-electron chi connectivity index (χ2n) is 5.66. The number of carbonyl (C=O) groups is 1. The predicted octanol–water partition coefficient (Wildman–Crippen LogP) is 4.82. The second-order valence-corrected chi connectivity index (χ2v) is 6.10. The third-order valence-electron chi connectivity index (χ3n) is 3.70. The molecule has 0 aliphatic heterocycles. The summed E-state index contributed by atoms with van der Waals surface area (Å²) in [6.07, 6.45) is 1.47. The number of nitrogens with zero attached hydrogens (tertiary/aromatic N) is 1. The highest BCUT2D eigenvalue weighted by atomic mass is 35.5. The van der Waals surface area contributed by atoms with Gasteiger partial charge in [0.2, 0.25) is 0 Å². The monoisotopic (exact) mass is 382 g/mol. The molecule has 1 N–H and O–H groups in total. The van der Waals surface area contributed by atoms with Gasteiger partial charge in [-0.2, -0.15) is 5.10 Å². The Bertz CT molecular complexity index is 941. The molecule has 3 rings (SSSR count). The summed E-state index contributed by atoms with van der Waals surface area (Å²) in [7, 11) is 0. The standard InChI is InChI=1S/C21H16ClFN2O2/c22-17-9-5-16(6-10-17)14-27-18-11-7-15(8-12-18)13-24-25-21(26)19-3-1-2-4-20(19)23/h1-13H,14H2,(H,25,26)/b24-13+. The van der Waals surface area contributed by atoms with Crippen molar-refractivity contribution >= 4 is 23.7 Å². The van der Waals surface area contributed by atoms with Gasteiger partial charge in [-0.15, -0.1) is 0 Å². The maximum absolute atomic E-state index is 13.5. The lowest BCUT2D eigenvalue weighted by Gasteiger charge is -2.06. The number of nitrogens with one attached hydrogen (secondary N) is 1. The van der Waals surface area contributed by atoms with E-state index in [1.165, 1.54) is 24.4 Å². The van der Waals surface area contributed by atoms with Crippen LogP contribution in [0.3, 0.4) is 0 Å². The maximum atomic E-state index is 13.5. The molecule has 0 unspecified atom stereocenters. The Morgan fingerprint density at radius 2 is 1.74 bits per heavy atom. The molecule has 0 aliphatic carbocycles. The summed E-state index contributed by atoms with van der Waals surface area (Å²) in [4.78, 5) is 11.9. The zero-order valence-electron chi connectivity index (χ0n) is 14.2. The zero-order valence-corrected chi connectivity index (χ0v) is 15.0. The average Bonchev–Trinajstić information content (AvgIpc) is 2.69. The van der Waals surface area contributed by atoms with Gasteiger partial charge in [-0.25, -0.2) is 9.82 Å². The molecule has 0 aromatic heterocycles. The Morgan fingerprint density at radius 1 is 1.04 bits per heavy atom. The van der Waals surface area contributed by atoms with Gasteiger partial charge in [-0.1, -0.05) is 35.9 Å². The van der Waals surface area contributed by atoms with Crippen molar-refractivity contribution in [3.8, 4) is 5.75 Å². The summed E-state index contributed by atoms with van der Waals surface area (Å²) < 4.78 is 19.2. The van der Waals surface area contributed by atoms with Crippen molar-refractivity contribution in [2.75, 3.05) is 0 Å². The van der Waals surface area contributed by atoms with Crippen molar-refractivity contribution in [2.45, 2.75) is 6.61 Å². The van der Waals surface area contributed by atoms with Crippen LogP contribution in [0.1, 0.15) is 21.5 Å². The maximum Gasteiger partial charge on any atom is 0.274 e. The predicted molar refractivity (Wildman–Crippen MR) is 104 cm³/mol. The van der Waals surface area contributed by atoms with Crippen LogP contribution in [0.2, 0.25) is 5.02 Å². The van der Waals surface area contributed by atoms with Crippen LogP contribution in [0.25, 0.3) is 0 Å². The Morgan fingerprint density at radius 3 is 2.44 bits per heavy atom. The number of rotatable bonds is 6. The van der Waals surface area contributed by atoms with E-state index in [9.17, 15) is 9.18 Å².